The van der Waals surface area contributed by atoms with Crippen LogP contribution in [0.2, 0.25) is 0 Å². The molecular weight excluding hydrogens is 291 g/mol. The maximum absolute atomic E-state index is 12.9. The van der Waals surface area contributed by atoms with Crippen molar-refractivity contribution in [2.24, 2.45) is 0 Å². The van der Waals surface area contributed by atoms with Crippen molar-refractivity contribution in [1.82, 2.24) is 4.72 Å². The van der Waals surface area contributed by atoms with Gasteiger partial charge in [-0.2, -0.15) is 0 Å². The van der Waals surface area contributed by atoms with Gasteiger partial charge in [0.25, 0.3) is 0 Å². The van der Waals surface area contributed by atoms with Crippen molar-refractivity contribution < 1.29 is 12.8 Å². The van der Waals surface area contributed by atoms with Crippen molar-refractivity contribution in [3.8, 4) is 0 Å². The smallest absolute Gasteiger partial charge is 0.241 e. The van der Waals surface area contributed by atoms with Gasteiger partial charge in [-0.25, -0.2) is 17.5 Å². The molecule has 1 atom stereocenters. The quantitative estimate of drug-likeness (QED) is 0.853. The molecule has 0 amide bonds. The number of hydrogen-bond acceptors (Lipinski definition) is 3. The molecule has 4 nitrogen and oxygen atoms in total. The number of anilines is 1. The molecule has 1 unspecified atom stereocenters. The molecule has 112 valence electrons. The van der Waals surface area contributed by atoms with Crippen LogP contribution < -0.4 is 10.5 Å². The van der Waals surface area contributed by atoms with Gasteiger partial charge in [-0.05, 0) is 49.2 Å². The summed E-state index contributed by atoms with van der Waals surface area (Å²) in [5, 5.41) is 0. The lowest BCUT2D eigenvalue weighted by Gasteiger charge is -2.15. The van der Waals surface area contributed by atoms with Crippen molar-refractivity contribution in [1.29, 1.82) is 0 Å². The Morgan fingerprint density at radius 3 is 2.33 bits per heavy atom. The maximum atomic E-state index is 12.9. The maximum Gasteiger partial charge on any atom is 0.241 e. The van der Waals surface area contributed by atoms with Crippen molar-refractivity contribution in [2.45, 2.75) is 24.8 Å². The fourth-order valence-electron chi connectivity index (χ4n) is 1.91. The topological polar surface area (TPSA) is 72.2 Å². The molecule has 2 aromatic carbocycles. The molecule has 0 spiro atoms. The van der Waals surface area contributed by atoms with Crippen LogP contribution >= 0.6 is 0 Å². The van der Waals surface area contributed by atoms with Crippen LogP contribution in [-0.4, -0.2) is 8.42 Å². The van der Waals surface area contributed by atoms with Crippen LogP contribution in [0.4, 0.5) is 10.1 Å². The summed E-state index contributed by atoms with van der Waals surface area (Å²) in [6.07, 6.45) is 0. The lowest BCUT2D eigenvalue weighted by Crippen LogP contribution is -2.27. The normalized spacial score (nSPS) is 13.1. The monoisotopic (exact) mass is 308 g/mol. The zero-order chi connectivity index (χ0) is 15.6. The van der Waals surface area contributed by atoms with E-state index >= 15 is 0 Å². The molecule has 3 N–H and O–H groups in total. The summed E-state index contributed by atoms with van der Waals surface area (Å²) in [5.41, 5.74) is 7.67. The molecule has 0 heterocycles. The van der Waals surface area contributed by atoms with Crippen molar-refractivity contribution in [3.05, 3.63) is 59.4 Å². The number of sulfonamides is 1. The molecule has 0 aliphatic carbocycles. The van der Waals surface area contributed by atoms with E-state index in [4.69, 9.17) is 5.73 Å². The predicted molar refractivity (Wildman–Crippen MR) is 80.7 cm³/mol. The summed E-state index contributed by atoms with van der Waals surface area (Å²) in [5.74, 6) is -0.361. The number of nitrogens with one attached hydrogen (secondary N) is 1. The van der Waals surface area contributed by atoms with Gasteiger partial charge in [-0.3, -0.25) is 0 Å². The lowest BCUT2D eigenvalue weighted by atomic mass is 10.1. The van der Waals surface area contributed by atoms with E-state index in [2.05, 4.69) is 4.72 Å². The van der Waals surface area contributed by atoms with E-state index in [1.807, 2.05) is 0 Å². The molecule has 0 aliphatic rings. The first kappa shape index (κ1) is 15.5. The van der Waals surface area contributed by atoms with Crippen molar-refractivity contribution in [2.75, 3.05) is 5.73 Å². The van der Waals surface area contributed by atoms with Crippen LogP contribution in [0.3, 0.4) is 0 Å². The Labute approximate surface area is 123 Å². The third kappa shape index (κ3) is 3.59. The second-order valence-electron chi connectivity index (χ2n) is 4.91. The minimum Gasteiger partial charge on any atom is -0.398 e. The Bertz CT molecular complexity index is 743. The first-order valence-electron chi connectivity index (χ1n) is 6.43. The molecular formula is C15H17FN2O2S. The minimum atomic E-state index is -3.68. The first-order chi connectivity index (χ1) is 9.79. The summed E-state index contributed by atoms with van der Waals surface area (Å²) in [7, 11) is -3.68. The molecule has 0 saturated heterocycles. The van der Waals surface area contributed by atoms with Gasteiger partial charge in [0.2, 0.25) is 10.0 Å². The highest BCUT2D eigenvalue weighted by atomic mass is 32.2. The Hall–Kier alpha value is -1.92. The molecule has 0 saturated carbocycles. The zero-order valence-electron chi connectivity index (χ0n) is 11.8. The Balaban J connectivity index is 2.24. The van der Waals surface area contributed by atoms with E-state index in [1.165, 1.54) is 24.3 Å². The third-order valence-corrected chi connectivity index (χ3v) is 4.80. The number of nitrogens with two attached hydrogens (primary N) is 1. The Morgan fingerprint density at radius 1 is 1.14 bits per heavy atom. The zero-order valence-corrected chi connectivity index (χ0v) is 12.6. The van der Waals surface area contributed by atoms with Gasteiger partial charge < -0.3 is 5.73 Å². The van der Waals surface area contributed by atoms with Gasteiger partial charge >= 0.3 is 0 Å². The average molecular weight is 308 g/mol. The van der Waals surface area contributed by atoms with Crippen LogP contribution in [0.1, 0.15) is 24.1 Å². The summed E-state index contributed by atoms with van der Waals surface area (Å²) >= 11 is 0. The van der Waals surface area contributed by atoms with E-state index in [0.717, 1.165) is 5.56 Å². The van der Waals surface area contributed by atoms with Gasteiger partial charge in [-0.1, -0.05) is 18.2 Å². The number of nitrogen functional groups attached to an aromatic ring is 1. The fourth-order valence-corrected chi connectivity index (χ4v) is 3.17. The second-order valence-corrected chi connectivity index (χ2v) is 6.63. The molecule has 6 heteroatoms. The van der Waals surface area contributed by atoms with E-state index < -0.39 is 16.1 Å². The highest BCUT2D eigenvalue weighted by Crippen LogP contribution is 2.20. The average Bonchev–Trinajstić information content (AvgIpc) is 2.42. The number of benzene rings is 2. The predicted octanol–water partition coefficient (Wildman–Crippen LogP) is 2.76. The lowest BCUT2D eigenvalue weighted by molar-refractivity contribution is 0.566. The number of aryl methyl sites for hydroxylation is 1. The summed E-state index contributed by atoms with van der Waals surface area (Å²) in [6.45, 7) is 3.50. The fraction of sp³-hybridized carbons (Fsp3) is 0.200. The van der Waals surface area contributed by atoms with Crippen LogP contribution in [0, 0.1) is 12.7 Å². The van der Waals surface area contributed by atoms with E-state index in [-0.39, 0.29) is 10.7 Å². The highest BCUT2D eigenvalue weighted by molar-refractivity contribution is 7.89. The SMILES string of the molecule is Cc1ccc(S(=O)(=O)NC(C)c2ccc(F)cc2)cc1N. The Kier molecular flexibility index (Phi) is 4.29. The second kappa shape index (κ2) is 5.83. The molecule has 2 rings (SSSR count). The molecule has 21 heavy (non-hydrogen) atoms. The number of hydrogen-bond donors (Lipinski definition) is 2. The van der Waals surface area contributed by atoms with Crippen LogP contribution in [0.25, 0.3) is 0 Å². The largest absolute Gasteiger partial charge is 0.398 e. The van der Waals surface area contributed by atoms with Crippen LogP contribution in [0.15, 0.2) is 47.4 Å². The van der Waals surface area contributed by atoms with Crippen LogP contribution in [-0.2, 0) is 10.0 Å². The van der Waals surface area contributed by atoms with E-state index in [0.29, 0.717) is 11.3 Å². The Morgan fingerprint density at radius 2 is 1.76 bits per heavy atom. The van der Waals surface area contributed by atoms with E-state index in [1.54, 1.807) is 32.0 Å². The number of halogens is 1. The number of rotatable bonds is 4. The van der Waals surface area contributed by atoms with Gasteiger partial charge in [-0.15, -0.1) is 0 Å². The van der Waals surface area contributed by atoms with Crippen LogP contribution in [0.5, 0.6) is 0 Å². The molecule has 0 aliphatic heterocycles. The van der Waals surface area contributed by atoms with E-state index in [9.17, 15) is 12.8 Å². The molecule has 0 aromatic heterocycles. The van der Waals surface area contributed by atoms with Gasteiger partial charge in [0, 0.05) is 11.7 Å². The third-order valence-electron chi connectivity index (χ3n) is 3.26. The van der Waals surface area contributed by atoms with Gasteiger partial charge in [0.05, 0.1) is 4.90 Å². The standard InChI is InChI=1S/C15H17FN2O2S/c1-10-3-8-14(9-15(10)17)21(19,20)18-11(2)12-4-6-13(16)7-5-12/h3-9,11,18H,17H2,1-2H3. The van der Waals surface area contributed by atoms with Gasteiger partial charge in [0.15, 0.2) is 0 Å². The summed E-state index contributed by atoms with van der Waals surface area (Å²) < 4.78 is 40.0. The molecule has 0 radical (unpaired) electrons. The first-order valence-corrected chi connectivity index (χ1v) is 7.92. The van der Waals surface area contributed by atoms with Gasteiger partial charge in [0.1, 0.15) is 5.82 Å². The summed E-state index contributed by atoms with van der Waals surface area (Å²) in [4.78, 5) is 0.111. The molecule has 2 aromatic rings. The summed E-state index contributed by atoms with van der Waals surface area (Å²) in [6, 6.07) is 9.80. The minimum absolute atomic E-state index is 0.111. The van der Waals surface area contributed by atoms with Crippen molar-refractivity contribution >= 4 is 15.7 Å². The van der Waals surface area contributed by atoms with Crippen molar-refractivity contribution in [3.63, 3.8) is 0 Å². The molecule has 0 fully saturated rings. The highest BCUT2D eigenvalue weighted by Gasteiger charge is 2.19. The molecule has 0 bridgehead atoms.